The zero-order valence-corrected chi connectivity index (χ0v) is 10.5. The van der Waals surface area contributed by atoms with Crippen molar-refractivity contribution in [1.29, 1.82) is 0 Å². The Hall–Kier alpha value is -1.98. The van der Waals surface area contributed by atoms with Crippen molar-refractivity contribution in [3.63, 3.8) is 0 Å². The van der Waals surface area contributed by atoms with Crippen LogP contribution in [-0.4, -0.2) is 25.9 Å². The summed E-state index contributed by atoms with van der Waals surface area (Å²) in [5, 5.41) is 0. The van der Waals surface area contributed by atoms with Gasteiger partial charge in [0.05, 0.1) is 19.3 Å². The van der Waals surface area contributed by atoms with Crippen molar-refractivity contribution >= 4 is 11.5 Å². The molecule has 0 bridgehead atoms. The van der Waals surface area contributed by atoms with Gasteiger partial charge in [0.15, 0.2) is 0 Å². The molecule has 0 fully saturated rings. The summed E-state index contributed by atoms with van der Waals surface area (Å²) in [6, 6.07) is 5.24. The van der Waals surface area contributed by atoms with Gasteiger partial charge < -0.3 is 9.47 Å². The number of allylic oxidation sites excluding steroid dienone is 1. The molecule has 0 radical (unpaired) electrons. The summed E-state index contributed by atoms with van der Waals surface area (Å²) in [5.74, 6) is -0.591. The minimum Gasteiger partial charge on any atom is -0.497 e. The molecule has 0 aromatic heterocycles. The molecule has 19 heavy (non-hydrogen) atoms. The zero-order valence-electron chi connectivity index (χ0n) is 10.5. The molecule has 1 rings (SSSR count). The third-order valence-corrected chi connectivity index (χ3v) is 2.26. The molecule has 0 aliphatic heterocycles. The number of ether oxygens (including phenoxy) is 2. The monoisotopic (exact) mass is 274 g/mol. The standard InChI is InChI=1S/C13H13F3O3/c1-3-19-12(17)8-11(13(14,15)16)9-4-6-10(18-2)7-5-9/h4-8H,3H2,1-2H3. The molecule has 0 amide bonds. The first-order chi connectivity index (χ1) is 8.88. The smallest absolute Gasteiger partial charge is 0.417 e. The lowest BCUT2D eigenvalue weighted by atomic mass is 10.1. The maximum atomic E-state index is 12.9. The molecule has 104 valence electrons. The summed E-state index contributed by atoms with van der Waals surface area (Å²) in [5.41, 5.74) is -1.17. The molecule has 3 nitrogen and oxygen atoms in total. The Morgan fingerprint density at radius 3 is 2.26 bits per heavy atom. The van der Waals surface area contributed by atoms with Gasteiger partial charge in [-0.15, -0.1) is 0 Å². The lowest BCUT2D eigenvalue weighted by Gasteiger charge is -2.12. The summed E-state index contributed by atoms with van der Waals surface area (Å²) in [4.78, 5) is 11.2. The van der Waals surface area contributed by atoms with E-state index in [0.29, 0.717) is 11.8 Å². The van der Waals surface area contributed by atoms with Gasteiger partial charge in [0.1, 0.15) is 5.75 Å². The van der Waals surface area contributed by atoms with Gasteiger partial charge in [0, 0.05) is 6.08 Å². The molecule has 0 unspecified atom stereocenters. The van der Waals surface area contributed by atoms with E-state index in [-0.39, 0.29) is 12.2 Å². The van der Waals surface area contributed by atoms with Crippen molar-refractivity contribution in [2.45, 2.75) is 13.1 Å². The molecule has 0 atom stereocenters. The minimum absolute atomic E-state index is 0.0169. The highest BCUT2D eigenvalue weighted by atomic mass is 19.4. The van der Waals surface area contributed by atoms with Crippen LogP contribution in [0.25, 0.3) is 5.57 Å². The van der Waals surface area contributed by atoms with Gasteiger partial charge in [-0.1, -0.05) is 12.1 Å². The van der Waals surface area contributed by atoms with E-state index in [0.717, 1.165) is 0 Å². The molecule has 0 saturated heterocycles. The molecule has 1 aromatic carbocycles. The summed E-state index contributed by atoms with van der Waals surface area (Å²) < 4.78 is 48.0. The first-order valence-corrected chi connectivity index (χ1v) is 5.48. The predicted octanol–water partition coefficient (Wildman–Crippen LogP) is 3.20. The Balaban J connectivity index is 3.13. The first-order valence-electron chi connectivity index (χ1n) is 5.48. The number of halogens is 3. The largest absolute Gasteiger partial charge is 0.497 e. The molecule has 0 saturated carbocycles. The van der Waals surface area contributed by atoms with Crippen LogP contribution in [-0.2, 0) is 9.53 Å². The number of rotatable bonds is 4. The Morgan fingerprint density at radius 2 is 1.84 bits per heavy atom. The third kappa shape index (κ3) is 4.31. The van der Waals surface area contributed by atoms with E-state index in [1.54, 1.807) is 0 Å². The van der Waals surface area contributed by atoms with Crippen LogP contribution in [0, 0.1) is 0 Å². The maximum absolute atomic E-state index is 12.9. The fourth-order valence-electron chi connectivity index (χ4n) is 1.40. The molecule has 0 aliphatic carbocycles. The highest BCUT2D eigenvalue weighted by molar-refractivity contribution is 5.92. The molecular formula is C13H13F3O3. The van der Waals surface area contributed by atoms with Crippen LogP contribution in [0.1, 0.15) is 12.5 Å². The second-order valence-corrected chi connectivity index (χ2v) is 3.54. The van der Waals surface area contributed by atoms with Crippen LogP contribution in [0.2, 0.25) is 0 Å². The number of hydrogen-bond acceptors (Lipinski definition) is 3. The lowest BCUT2D eigenvalue weighted by Crippen LogP contribution is -2.13. The summed E-state index contributed by atoms with van der Waals surface area (Å²) in [7, 11) is 1.41. The van der Waals surface area contributed by atoms with Crippen LogP contribution in [0.15, 0.2) is 30.3 Å². The summed E-state index contributed by atoms with van der Waals surface area (Å²) >= 11 is 0. The molecule has 6 heteroatoms. The Kier molecular flexibility index (Phi) is 4.97. The van der Waals surface area contributed by atoms with Crippen molar-refractivity contribution in [2.24, 2.45) is 0 Å². The molecule has 0 aliphatic rings. The second kappa shape index (κ2) is 6.26. The van der Waals surface area contributed by atoms with Crippen molar-refractivity contribution in [2.75, 3.05) is 13.7 Å². The van der Waals surface area contributed by atoms with Crippen molar-refractivity contribution in [3.05, 3.63) is 35.9 Å². The van der Waals surface area contributed by atoms with Gasteiger partial charge in [-0.05, 0) is 24.6 Å². The number of hydrogen-bond donors (Lipinski definition) is 0. The van der Waals surface area contributed by atoms with Crippen LogP contribution in [0.5, 0.6) is 5.75 Å². The number of esters is 1. The molecule has 0 spiro atoms. The van der Waals surface area contributed by atoms with E-state index in [9.17, 15) is 18.0 Å². The van der Waals surface area contributed by atoms with Crippen molar-refractivity contribution in [1.82, 2.24) is 0 Å². The number of carbonyl (C=O) groups is 1. The van der Waals surface area contributed by atoms with E-state index in [4.69, 9.17) is 4.74 Å². The topological polar surface area (TPSA) is 35.5 Å². The van der Waals surface area contributed by atoms with Crippen LogP contribution in [0.3, 0.4) is 0 Å². The average Bonchev–Trinajstić information content (AvgIpc) is 2.35. The quantitative estimate of drug-likeness (QED) is 0.624. The molecule has 1 aromatic rings. The predicted molar refractivity (Wildman–Crippen MR) is 63.7 cm³/mol. The number of methoxy groups -OCH3 is 1. The second-order valence-electron chi connectivity index (χ2n) is 3.54. The van der Waals surface area contributed by atoms with Gasteiger partial charge in [-0.3, -0.25) is 0 Å². The van der Waals surface area contributed by atoms with Gasteiger partial charge in [0.25, 0.3) is 0 Å². The average molecular weight is 274 g/mol. The first kappa shape index (κ1) is 15.1. The lowest BCUT2D eigenvalue weighted by molar-refractivity contribution is -0.137. The molecular weight excluding hydrogens is 261 g/mol. The number of alkyl halides is 3. The fraction of sp³-hybridized carbons (Fsp3) is 0.308. The highest BCUT2D eigenvalue weighted by Gasteiger charge is 2.35. The number of carbonyl (C=O) groups excluding carboxylic acids is 1. The minimum atomic E-state index is -4.64. The van der Waals surface area contributed by atoms with Gasteiger partial charge in [-0.25, -0.2) is 4.79 Å². The van der Waals surface area contributed by atoms with Crippen LogP contribution >= 0.6 is 0 Å². The Labute approximate surface area is 108 Å². The van der Waals surface area contributed by atoms with Crippen molar-refractivity contribution < 1.29 is 27.4 Å². The van der Waals surface area contributed by atoms with E-state index in [1.165, 1.54) is 38.3 Å². The van der Waals surface area contributed by atoms with Crippen LogP contribution in [0.4, 0.5) is 13.2 Å². The highest BCUT2D eigenvalue weighted by Crippen LogP contribution is 2.34. The maximum Gasteiger partial charge on any atom is 0.417 e. The van der Waals surface area contributed by atoms with Crippen molar-refractivity contribution in [3.8, 4) is 5.75 Å². The molecule has 0 N–H and O–H groups in total. The normalized spacial score (nSPS) is 12.2. The van der Waals surface area contributed by atoms with Gasteiger partial charge >= 0.3 is 12.1 Å². The van der Waals surface area contributed by atoms with Gasteiger partial charge in [0.2, 0.25) is 0 Å². The van der Waals surface area contributed by atoms with E-state index < -0.39 is 17.7 Å². The fourth-order valence-corrected chi connectivity index (χ4v) is 1.40. The van der Waals surface area contributed by atoms with E-state index in [1.807, 2.05) is 0 Å². The Morgan fingerprint density at radius 1 is 1.26 bits per heavy atom. The summed E-state index contributed by atoms with van der Waals surface area (Å²) in [6.07, 6.45) is -4.19. The third-order valence-electron chi connectivity index (χ3n) is 2.26. The molecule has 0 heterocycles. The van der Waals surface area contributed by atoms with E-state index >= 15 is 0 Å². The zero-order chi connectivity index (χ0) is 14.5. The van der Waals surface area contributed by atoms with Crippen LogP contribution < -0.4 is 4.74 Å². The SMILES string of the molecule is CCOC(=O)C=C(c1ccc(OC)cc1)C(F)(F)F. The summed E-state index contributed by atoms with van der Waals surface area (Å²) in [6.45, 7) is 1.54. The van der Waals surface area contributed by atoms with Gasteiger partial charge in [-0.2, -0.15) is 13.2 Å². The Bertz CT molecular complexity index is 461. The number of benzene rings is 1. The van der Waals surface area contributed by atoms with E-state index in [2.05, 4.69) is 4.74 Å².